The van der Waals surface area contributed by atoms with E-state index in [9.17, 15) is 0 Å². The van der Waals surface area contributed by atoms with E-state index < -0.39 is 0 Å². The zero-order valence-electron chi connectivity index (χ0n) is 14.6. The average Bonchev–Trinajstić information content (AvgIpc) is 3.19. The minimum Gasteiger partial charge on any atom is -0.423 e. The molecule has 0 aliphatic carbocycles. The molecule has 126 valence electrons. The van der Waals surface area contributed by atoms with Crippen LogP contribution < -0.4 is 4.90 Å². The lowest BCUT2D eigenvalue weighted by molar-refractivity contribution is 0.455. The molecule has 0 amide bonds. The summed E-state index contributed by atoms with van der Waals surface area (Å²) in [5.41, 5.74) is 3.55. The number of H-pyrrole nitrogens is 1. The van der Waals surface area contributed by atoms with E-state index in [1.54, 1.807) is 0 Å². The van der Waals surface area contributed by atoms with Gasteiger partial charge in [-0.05, 0) is 24.0 Å². The van der Waals surface area contributed by atoms with Crippen molar-refractivity contribution in [3.63, 3.8) is 0 Å². The van der Waals surface area contributed by atoms with Crippen LogP contribution in [-0.2, 0) is 13.0 Å². The normalized spacial score (nSPS) is 11.2. The molecule has 0 aliphatic heterocycles. The minimum absolute atomic E-state index is 0.420. The molecule has 2 aromatic heterocycles. The number of aromatic nitrogens is 4. The van der Waals surface area contributed by atoms with Gasteiger partial charge in [0.2, 0.25) is 11.8 Å². The molecule has 0 bridgehead atoms. The number of anilines is 1. The monoisotopic (exact) mass is 325 g/mol. The first-order valence-corrected chi connectivity index (χ1v) is 8.15. The zero-order chi connectivity index (χ0) is 17.1. The molecular weight excluding hydrogens is 302 g/mol. The van der Waals surface area contributed by atoms with E-state index in [0.29, 0.717) is 30.7 Å². The van der Waals surface area contributed by atoms with Crippen molar-refractivity contribution in [3.8, 4) is 0 Å². The molecule has 0 atom stereocenters. The third-order valence-corrected chi connectivity index (χ3v) is 4.08. The maximum atomic E-state index is 5.79. The molecule has 0 saturated carbocycles. The number of hydrogen-bond acceptors (Lipinski definition) is 5. The summed E-state index contributed by atoms with van der Waals surface area (Å²) < 4.78 is 5.79. The molecule has 0 unspecified atom stereocenters. The fourth-order valence-electron chi connectivity index (χ4n) is 2.50. The summed E-state index contributed by atoms with van der Waals surface area (Å²) in [5, 5.41) is 15.7. The van der Waals surface area contributed by atoms with Gasteiger partial charge in [-0.25, -0.2) is 0 Å². The number of rotatable bonds is 6. The highest BCUT2D eigenvalue weighted by Crippen LogP contribution is 2.19. The zero-order valence-corrected chi connectivity index (χ0v) is 14.6. The number of nitrogens with zero attached hydrogens (tertiary/aromatic N) is 4. The molecule has 1 N–H and O–H groups in total. The number of aryl methyl sites for hydroxylation is 1. The van der Waals surface area contributed by atoms with Crippen LogP contribution in [0.2, 0.25) is 0 Å². The number of hydrogen-bond donors (Lipinski definition) is 1. The largest absolute Gasteiger partial charge is 0.423 e. The van der Waals surface area contributed by atoms with Gasteiger partial charge in [0.1, 0.15) is 0 Å². The van der Waals surface area contributed by atoms with Crippen LogP contribution in [0.1, 0.15) is 48.4 Å². The second-order valence-corrected chi connectivity index (χ2v) is 6.39. The van der Waals surface area contributed by atoms with Crippen molar-refractivity contribution in [3.05, 3.63) is 58.9 Å². The summed E-state index contributed by atoms with van der Waals surface area (Å²) in [6, 6.07) is 10.3. The lowest BCUT2D eigenvalue weighted by Gasteiger charge is -2.12. The molecule has 0 fully saturated rings. The van der Waals surface area contributed by atoms with Crippen LogP contribution in [0.5, 0.6) is 0 Å². The van der Waals surface area contributed by atoms with E-state index in [0.717, 1.165) is 11.5 Å². The molecule has 6 heteroatoms. The highest BCUT2D eigenvalue weighted by atomic mass is 16.4. The fraction of sp³-hybridized carbons (Fsp3) is 0.389. The van der Waals surface area contributed by atoms with Gasteiger partial charge in [0.25, 0.3) is 0 Å². The molecule has 0 spiro atoms. The SMILES string of the molecule is Cc1ccccc1Cc1nnc(CN(C)c2cc(C(C)C)[nH]n2)o1. The number of aromatic amines is 1. The Morgan fingerprint density at radius 1 is 1.17 bits per heavy atom. The molecule has 1 aromatic carbocycles. The molecule has 0 radical (unpaired) electrons. The van der Waals surface area contributed by atoms with Gasteiger partial charge in [0.05, 0.1) is 13.0 Å². The van der Waals surface area contributed by atoms with Crippen molar-refractivity contribution in [2.45, 2.75) is 39.7 Å². The number of nitrogens with one attached hydrogen (secondary N) is 1. The Labute approximate surface area is 141 Å². The Hall–Kier alpha value is -2.63. The molecule has 2 heterocycles. The van der Waals surface area contributed by atoms with Gasteiger partial charge < -0.3 is 9.32 Å². The van der Waals surface area contributed by atoms with E-state index in [4.69, 9.17) is 4.42 Å². The van der Waals surface area contributed by atoms with Gasteiger partial charge >= 0.3 is 0 Å². The van der Waals surface area contributed by atoms with Crippen LogP contribution in [0.15, 0.2) is 34.7 Å². The first kappa shape index (κ1) is 16.2. The van der Waals surface area contributed by atoms with Crippen molar-refractivity contribution in [1.29, 1.82) is 0 Å². The molecular formula is C18H23N5O. The maximum absolute atomic E-state index is 5.79. The Morgan fingerprint density at radius 2 is 1.92 bits per heavy atom. The lowest BCUT2D eigenvalue weighted by atomic mass is 10.1. The van der Waals surface area contributed by atoms with Crippen LogP contribution in [-0.4, -0.2) is 27.4 Å². The predicted octanol–water partition coefficient (Wildman–Crippen LogP) is 3.45. The summed E-state index contributed by atoms with van der Waals surface area (Å²) in [5.74, 6) is 2.52. The van der Waals surface area contributed by atoms with Crippen molar-refractivity contribution in [2.24, 2.45) is 0 Å². The number of benzene rings is 1. The Balaban J connectivity index is 1.66. The van der Waals surface area contributed by atoms with Crippen molar-refractivity contribution in [1.82, 2.24) is 20.4 Å². The smallest absolute Gasteiger partial charge is 0.235 e. The van der Waals surface area contributed by atoms with Gasteiger partial charge in [-0.2, -0.15) is 5.10 Å². The van der Waals surface area contributed by atoms with Crippen LogP contribution in [0.4, 0.5) is 5.82 Å². The van der Waals surface area contributed by atoms with E-state index in [1.165, 1.54) is 11.1 Å². The second-order valence-electron chi connectivity index (χ2n) is 6.39. The first-order valence-electron chi connectivity index (χ1n) is 8.15. The van der Waals surface area contributed by atoms with E-state index in [2.05, 4.69) is 59.4 Å². The van der Waals surface area contributed by atoms with E-state index >= 15 is 0 Å². The van der Waals surface area contributed by atoms with Crippen LogP contribution in [0, 0.1) is 6.92 Å². The van der Waals surface area contributed by atoms with Crippen LogP contribution in [0.25, 0.3) is 0 Å². The van der Waals surface area contributed by atoms with Crippen LogP contribution >= 0.6 is 0 Å². The molecule has 3 rings (SSSR count). The highest BCUT2D eigenvalue weighted by Gasteiger charge is 2.13. The lowest BCUT2D eigenvalue weighted by Crippen LogP contribution is -2.17. The quantitative estimate of drug-likeness (QED) is 0.751. The average molecular weight is 325 g/mol. The van der Waals surface area contributed by atoms with Gasteiger partial charge in [0.15, 0.2) is 5.82 Å². The minimum atomic E-state index is 0.420. The van der Waals surface area contributed by atoms with Gasteiger partial charge in [-0.1, -0.05) is 38.1 Å². The highest BCUT2D eigenvalue weighted by molar-refractivity contribution is 5.38. The molecule has 24 heavy (non-hydrogen) atoms. The van der Waals surface area contributed by atoms with E-state index in [1.807, 2.05) is 24.1 Å². The summed E-state index contributed by atoms with van der Waals surface area (Å²) in [6.45, 7) is 6.88. The van der Waals surface area contributed by atoms with Crippen LogP contribution in [0.3, 0.4) is 0 Å². The van der Waals surface area contributed by atoms with Crippen molar-refractivity contribution < 1.29 is 4.42 Å². The van der Waals surface area contributed by atoms with E-state index in [-0.39, 0.29) is 0 Å². The summed E-state index contributed by atoms with van der Waals surface area (Å²) in [6.07, 6.45) is 0.656. The molecule has 0 aliphatic rings. The first-order chi connectivity index (χ1) is 11.5. The fourth-order valence-corrected chi connectivity index (χ4v) is 2.50. The van der Waals surface area contributed by atoms with Crippen molar-refractivity contribution >= 4 is 5.82 Å². The molecule has 6 nitrogen and oxygen atoms in total. The maximum Gasteiger partial charge on any atom is 0.235 e. The third kappa shape index (κ3) is 3.64. The third-order valence-electron chi connectivity index (χ3n) is 4.08. The standard InChI is InChI=1S/C18H23N5O/c1-12(2)15-10-16(20-19-15)23(4)11-18-22-21-17(24-18)9-14-8-6-5-7-13(14)3/h5-8,10,12H,9,11H2,1-4H3,(H,19,20). The topological polar surface area (TPSA) is 70.8 Å². The van der Waals surface area contributed by atoms with Gasteiger partial charge in [-0.15, -0.1) is 10.2 Å². The van der Waals surface area contributed by atoms with Gasteiger partial charge in [-0.3, -0.25) is 5.10 Å². The summed E-state index contributed by atoms with van der Waals surface area (Å²) >= 11 is 0. The second kappa shape index (κ2) is 6.86. The molecule has 3 aromatic rings. The van der Waals surface area contributed by atoms with Gasteiger partial charge in [0, 0.05) is 18.8 Å². The Morgan fingerprint density at radius 3 is 2.62 bits per heavy atom. The Kier molecular flexibility index (Phi) is 4.64. The summed E-state index contributed by atoms with van der Waals surface area (Å²) in [4.78, 5) is 1.99. The predicted molar refractivity (Wildman–Crippen MR) is 93.1 cm³/mol. The molecule has 0 saturated heterocycles. The Bertz CT molecular complexity index is 805. The summed E-state index contributed by atoms with van der Waals surface area (Å²) in [7, 11) is 1.96. The van der Waals surface area contributed by atoms with Crippen molar-refractivity contribution in [2.75, 3.05) is 11.9 Å².